The predicted molar refractivity (Wildman–Crippen MR) is 76.6 cm³/mol. The Morgan fingerprint density at radius 1 is 1.06 bits per heavy atom. The van der Waals surface area contributed by atoms with Gasteiger partial charge in [-0.2, -0.15) is 0 Å². The minimum absolute atomic E-state index is 0.316. The van der Waals surface area contributed by atoms with E-state index in [1.54, 1.807) is 0 Å². The van der Waals surface area contributed by atoms with Gasteiger partial charge in [0.15, 0.2) is 0 Å². The van der Waals surface area contributed by atoms with E-state index >= 15 is 0 Å². The van der Waals surface area contributed by atoms with Gasteiger partial charge in [-0.25, -0.2) is 4.79 Å². The van der Waals surface area contributed by atoms with E-state index in [1.165, 1.54) is 44.6 Å². The molecular formula is C15H29NO2. The number of unbranched alkanes of at least 4 members (excludes halogenated alkanes) is 6. The van der Waals surface area contributed by atoms with Crippen molar-refractivity contribution in [2.75, 3.05) is 19.7 Å². The number of rotatable bonds is 13. The summed E-state index contributed by atoms with van der Waals surface area (Å²) in [5.74, 6) is -0.316. The monoisotopic (exact) mass is 255 g/mol. The Bertz CT molecular complexity index is 205. The lowest BCUT2D eigenvalue weighted by Crippen LogP contribution is -2.16. The lowest BCUT2D eigenvalue weighted by molar-refractivity contribution is -0.137. The third-order valence-electron chi connectivity index (χ3n) is 2.87. The summed E-state index contributed by atoms with van der Waals surface area (Å²) >= 11 is 0. The molecule has 0 aromatic carbocycles. The van der Waals surface area contributed by atoms with Gasteiger partial charge in [0.05, 0.1) is 6.61 Å². The largest absolute Gasteiger partial charge is 0.463 e. The Hall–Kier alpha value is -0.830. The fourth-order valence-electron chi connectivity index (χ4n) is 1.74. The zero-order chi connectivity index (χ0) is 13.5. The Labute approximate surface area is 112 Å². The second kappa shape index (κ2) is 14.2. The quantitative estimate of drug-likeness (QED) is 0.311. The number of hydrogen-bond acceptors (Lipinski definition) is 3. The van der Waals surface area contributed by atoms with Crippen LogP contribution in [0.3, 0.4) is 0 Å². The molecule has 0 fully saturated rings. The van der Waals surface area contributed by atoms with E-state index < -0.39 is 0 Å². The Kier molecular flexibility index (Phi) is 13.6. The first-order valence-corrected chi connectivity index (χ1v) is 7.31. The summed E-state index contributed by atoms with van der Waals surface area (Å²) in [4.78, 5) is 10.7. The van der Waals surface area contributed by atoms with Crippen molar-refractivity contribution in [3.63, 3.8) is 0 Å². The van der Waals surface area contributed by atoms with Gasteiger partial charge in [0.2, 0.25) is 0 Å². The van der Waals surface area contributed by atoms with Crippen LogP contribution in [0.4, 0.5) is 0 Å². The number of nitrogens with one attached hydrogen (secondary N) is 1. The van der Waals surface area contributed by atoms with Crippen LogP contribution in [0, 0.1) is 0 Å². The normalized spacial score (nSPS) is 10.3. The molecule has 0 saturated heterocycles. The van der Waals surface area contributed by atoms with Crippen LogP contribution in [0.15, 0.2) is 12.7 Å². The van der Waals surface area contributed by atoms with Crippen molar-refractivity contribution in [3.05, 3.63) is 12.7 Å². The van der Waals surface area contributed by atoms with Crippen LogP contribution >= 0.6 is 0 Å². The van der Waals surface area contributed by atoms with Gasteiger partial charge in [-0.1, -0.05) is 45.6 Å². The summed E-state index contributed by atoms with van der Waals surface area (Å²) < 4.78 is 4.90. The summed E-state index contributed by atoms with van der Waals surface area (Å²) in [6.45, 7) is 8.37. The Morgan fingerprint density at radius 2 is 1.67 bits per heavy atom. The standard InChI is InChI=1S/C15H29NO2/c1-3-5-6-9-12-16-13-10-7-8-11-14-18-15(17)4-2/h4,16H,2-3,5-14H2,1H3. The van der Waals surface area contributed by atoms with Gasteiger partial charge in [-0.05, 0) is 32.4 Å². The van der Waals surface area contributed by atoms with Gasteiger partial charge >= 0.3 is 5.97 Å². The van der Waals surface area contributed by atoms with Crippen molar-refractivity contribution < 1.29 is 9.53 Å². The van der Waals surface area contributed by atoms with Crippen LogP contribution in [-0.4, -0.2) is 25.7 Å². The van der Waals surface area contributed by atoms with E-state index in [-0.39, 0.29) is 5.97 Å². The molecule has 0 unspecified atom stereocenters. The molecule has 0 aliphatic carbocycles. The zero-order valence-corrected chi connectivity index (χ0v) is 11.9. The molecule has 0 bridgehead atoms. The third kappa shape index (κ3) is 13.2. The van der Waals surface area contributed by atoms with Crippen molar-refractivity contribution in [3.8, 4) is 0 Å². The molecule has 0 spiro atoms. The highest BCUT2D eigenvalue weighted by Crippen LogP contribution is 2.00. The van der Waals surface area contributed by atoms with Crippen LogP contribution in [0.1, 0.15) is 58.3 Å². The second-order valence-electron chi connectivity index (χ2n) is 4.60. The highest BCUT2D eigenvalue weighted by molar-refractivity contribution is 5.81. The molecule has 0 atom stereocenters. The number of carbonyl (C=O) groups excluding carboxylic acids is 1. The second-order valence-corrected chi connectivity index (χ2v) is 4.60. The maximum absolute atomic E-state index is 10.7. The molecule has 0 aliphatic rings. The van der Waals surface area contributed by atoms with Crippen molar-refractivity contribution in [1.82, 2.24) is 5.32 Å². The van der Waals surface area contributed by atoms with Crippen molar-refractivity contribution in [1.29, 1.82) is 0 Å². The third-order valence-corrected chi connectivity index (χ3v) is 2.87. The first-order chi connectivity index (χ1) is 8.81. The van der Waals surface area contributed by atoms with E-state index in [1.807, 2.05) is 0 Å². The Morgan fingerprint density at radius 3 is 2.28 bits per heavy atom. The van der Waals surface area contributed by atoms with E-state index in [4.69, 9.17) is 4.74 Å². The topological polar surface area (TPSA) is 38.3 Å². The lowest BCUT2D eigenvalue weighted by atomic mass is 10.2. The van der Waals surface area contributed by atoms with Gasteiger partial charge in [0.1, 0.15) is 0 Å². The average Bonchev–Trinajstić information content (AvgIpc) is 2.39. The molecule has 3 heteroatoms. The molecule has 3 nitrogen and oxygen atoms in total. The molecule has 0 heterocycles. The molecule has 0 rings (SSSR count). The minimum atomic E-state index is -0.316. The van der Waals surface area contributed by atoms with Crippen LogP contribution in [-0.2, 0) is 9.53 Å². The summed E-state index contributed by atoms with van der Waals surface area (Å²) in [5.41, 5.74) is 0. The molecule has 0 amide bonds. The average molecular weight is 255 g/mol. The molecular weight excluding hydrogens is 226 g/mol. The van der Waals surface area contributed by atoms with Crippen LogP contribution in [0.5, 0.6) is 0 Å². The fourth-order valence-corrected chi connectivity index (χ4v) is 1.74. The zero-order valence-electron chi connectivity index (χ0n) is 11.9. The van der Waals surface area contributed by atoms with Crippen molar-refractivity contribution in [2.45, 2.75) is 58.3 Å². The first kappa shape index (κ1) is 17.2. The summed E-state index contributed by atoms with van der Waals surface area (Å²) in [6, 6.07) is 0. The maximum atomic E-state index is 10.7. The van der Waals surface area contributed by atoms with Crippen LogP contribution < -0.4 is 5.32 Å². The van der Waals surface area contributed by atoms with Gasteiger partial charge < -0.3 is 10.1 Å². The van der Waals surface area contributed by atoms with Gasteiger partial charge in [0, 0.05) is 6.08 Å². The molecule has 18 heavy (non-hydrogen) atoms. The summed E-state index contributed by atoms with van der Waals surface area (Å²) in [6.07, 6.45) is 11.0. The van der Waals surface area contributed by atoms with E-state index in [9.17, 15) is 4.79 Å². The number of carbonyl (C=O) groups is 1. The highest BCUT2D eigenvalue weighted by Gasteiger charge is 1.95. The van der Waals surface area contributed by atoms with Crippen molar-refractivity contribution in [2.24, 2.45) is 0 Å². The van der Waals surface area contributed by atoms with Gasteiger partial charge in [0.25, 0.3) is 0 Å². The molecule has 0 aromatic rings. The van der Waals surface area contributed by atoms with Crippen molar-refractivity contribution >= 4 is 5.97 Å². The molecule has 1 N–H and O–H groups in total. The molecule has 0 radical (unpaired) electrons. The van der Waals surface area contributed by atoms with Gasteiger partial charge in [-0.3, -0.25) is 0 Å². The summed E-state index contributed by atoms with van der Waals surface area (Å²) in [7, 11) is 0. The fraction of sp³-hybridized carbons (Fsp3) is 0.800. The SMILES string of the molecule is C=CC(=O)OCCCCCCNCCCCCC. The molecule has 0 aromatic heterocycles. The number of hydrogen-bond donors (Lipinski definition) is 1. The first-order valence-electron chi connectivity index (χ1n) is 7.31. The molecule has 0 saturated carbocycles. The predicted octanol–water partition coefficient (Wildman–Crippen LogP) is 3.45. The maximum Gasteiger partial charge on any atom is 0.330 e. The lowest BCUT2D eigenvalue weighted by Gasteiger charge is -2.05. The minimum Gasteiger partial charge on any atom is -0.463 e. The number of esters is 1. The van der Waals surface area contributed by atoms with E-state index in [2.05, 4.69) is 18.8 Å². The Balaban J connectivity index is 2.98. The van der Waals surface area contributed by atoms with Crippen LogP contribution in [0.25, 0.3) is 0 Å². The summed E-state index contributed by atoms with van der Waals surface area (Å²) in [5, 5.41) is 3.46. The van der Waals surface area contributed by atoms with E-state index in [0.29, 0.717) is 6.61 Å². The number of ether oxygens (including phenoxy) is 1. The van der Waals surface area contributed by atoms with Gasteiger partial charge in [-0.15, -0.1) is 0 Å². The molecule has 106 valence electrons. The highest BCUT2D eigenvalue weighted by atomic mass is 16.5. The van der Waals surface area contributed by atoms with E-state index in [0.717, 1.165) is 25.9 Å². The molecule has 0 aliphatic heterocycles. The van der Waals surface area contributed by atoms with Crippen LogP contribution in [0.2, 0.25) is 0 Å². The smallest absolute Gasteiger partial charge is 0.330 e.